The minimum atomic E-state index is -2.30. The van der Waals surface area contributed by atoms with E-state index >= 15 is 0 Å². The number of ether oxygens (including phenoxy) is 3. The van der Waals surface area contributed by atoms with E-state index in [-0.39, 0.29) is 62.8 Å². The Balaban J connectivity index is 1.46. The molecule has 1 aliphatic rings. The second kappa shape index (κ2) is 13.7. The van der Waals surface area contributed by atoms with Gasteiger partial charge in [0.05, 0.1) is 32.7 Å². The van der Waals surface area contributed by atoms with Gasteiger partial charge in [0.25, 0.3) is 0 Å². The largest absolute Gasteiger partial charge is 0.497 e. The van der Waals surface area contributed by atoms with Crippen LogP contribution in [0.25, 0.3) is 11.3 Å². The van der Waals surface area contributed by atoms with Crippen molar-refractivity contribution in [3.63, 3.8) is 0 Å². The van der Waals surface area contributed by atoms with E-state index in [1.807, 2.05) is 12.1 Å². The number of carbonyl (C=O) groups is 1. The number of morpholine rings is 1. The van der Waals surface area contributed by atoms with E-state index in [9.17, 15) is 18.0 Å². The second-order valence-corrected chi connectivity index (χ2v) is 9.83. The Labute approximate surface area is 250 Å². The zero-order chi connectivity index (χ0) is 32.8. The lowest BCUT2D eigenvalue weighted by Crippen LogP contribution is -2.42. The van der Waals surface area contributed by atoms with Crippen LogP contribution in [0.3, 0.4) is 0 Å². The fourth-order valence-electron chi connectivity index (χ4n) is 4.54. The molecule has 1 fully saturated rings. The number of halogens is 3. The summed E-state index contributed by atoms with van der Waals surface area (Å²) >= 11 is 0. The summed E-state index contributed by atoms with van der Waals surface area (Å²) in [7, 11) is 1.55. The summed E-state index contributed by atoms with van der Waals surface area (Å²) in [5.41, 5.74) is 1.77. The Morgan fingerprint density at radius 1 is 1.14 bits per heavy atom. The van der Waals surface area contributed by atoms with Crippen LogP contribution in [0, 0.1) is 17.5 Å². The zero-order valence-corrected chi connectivity index (χ0v) is 23.2. The Bertz CT molecular complexity index is 1640. The zero-order valence-electron chi connectivity index (χ0n) is 26.2. The van der Waals surface area contributed by atoms with E-state index in [2.05, 4.69) is 15.5 Å². The van der Waals surface area contributed by atoms with Crippen LogP contribution in [0.4, 0.5) is 19.0 Å². The van der Waals surface area contributed by atoms with Crippen molar-refractivity contribution < 1.29 is 36.3 Å². The Morgan fingerprint density at radius 2 is 1.93 bits per heavy atom. The highest BCUT2D eigenvalue weighted by atomic mass is 19.2. The summed E-state index contributed by atoms with van der Waals surface area (Å²) in [4.78, 5) is 14.6. The van der Waals surface area contributed by atoms with Crippen molar-refractivity contribution in [3.05, 3.63) is 83.4 Å². The van der Waals surface area contributed by atoms with Crippen LogP contribution in [-0.2, 0) is 22.5 Å². The predicted molar refractivity (Wildman–Crippen MR) is 151 cm³/mol. The van der Waals surface area contributed by atoms with Crippen molar-refractivity contribution >= 4 is 11.7 Å². The summed E-state index contributed by atoms with van der Waals surface area (Å²) in [6, 6.07) is 10.6. The smallest absolute Gasteiger partial charge is 0.225 e. The Morgan fingerprint density at radius 3 is 2.63 bits per heavy atom. The molecule has 4 aromatic rings. The Hall–Kier alpha value is -4.49. The number of aryl methyl sites for hydroxylation is 1. The van der Waals surface area contributed by atoms with E-state index in [1.54, 1.807) is 25.3 Å². The molecule has 10 nitrogen and oxygen atoms in total. The van der Waals surface area contributed by atoms with E-state index < -0.39 is 36.4 Å². The van der Waals surface area contributed by atoms with Crippen molar-refractivity contribution in [1.29, 1.82) is 0 Å². The van der Waals surface area contributed by atoms with Crippen LogP contribution in [0.2, 0.25) is 0 Å². The van der Waals surface area contributed by atoms with Crippen LogP contribution in [-0.4, -0.2) is 77.3 Å². The van der Waals surface area contributed by atoms with Crippen LogP contribution in [0.5, 0.6) is 11.5 Å². The van der Waals surface area contributed by atoms with E-state index in [0.717, 1.165) is 17.7 Å². The summed E-state index contributed by atoms with van der Waals surface area (Å²) in [6.07, 6.45) is 2.06. The Kier molecular flexibility index (Phi) is 8.31. The fourth-order valence-corrected chi connectivity index (χ4v) is 4.54. The molecule has 3 heterocycles. The first-order valence-corrected chi connectivity index (χ1v) is 13.5. The molecular formula is C30H31F3N6O4. The van der Waals surface area contributed by atoms with Crippen molar-refractivity contribution in [2.45, 2.75) is 25.5 Å². The van der Waals surface area contributed by atoms with Crippen molar-refractivity contribution in [1.82, 2.24) is 24.9 Å². The topological polar surface area (TPSA) is 104 Å². The van der Waals surface area contributed by atoms with Gasteiger partial charge >= 0.3 is 0 Å². The van der Waals surface area contributed by atoms with Crippen LogP contribution in [0.1, 0.15) is 21.7 Å². The molecule has 1 unspecified atom stereocenters. The number of nitrogens with one attached hydrogen (secondary N) is 1. The monoisotopic (exact) mass is 599 g/mol. The van der Waals surface area contributed by atoms with Gasteiger partial charge < -0.3 is 24.4 Å². The van der Waals surface area contributed by atoms with Crippen molar-refractivity contribution in [2.75, 3.05) is 45.7 Å². The quantitative estimate of drug-likeness (QED) is 0.257. The molecule has 0 radical (unpaired) electrons. The third-order valence-corrected chi connectivity index (χ3v) is 6.75. The van der Waals surface area contributed by atoms with Gasteiger partial charge in [0.2, 0.25) is 5.91 Å². The highest BCUT2D eigenvalue weighted by Gasteiger charge is 2.26. The fraction of sp³-hybridized carbons (Fsp3) is 0.333. The number of aromatic nitrogens is 4. The number of carbonyl (C=O) groups excluding carboxylic acids is 1. The minimum absolute atomic E-state index is 0.0661. The first-order valence-electron chi connectivity index (χ1n) is 15.0. The van der Waals surface area contributed by atoms with Gasteiger partial charge in [0.1, 0.15) is 24.2 Å². The first-order chi connectivity index (χ1) is 22.0. The van der Waals surface area contributed by atoms with Crippen LogP contribution in [0.15, 0.2) is 54.9 Å². The molecule has 2 aromatic heterocycles. The maximum absolute atomic E-state index is 13.8. The molecule has 226 valence electrons. The molecular weight excluding hydrogens is 565 g/mol. The average molecular weight is 600 g/mol. The predicted octanol–water partition coefficient (Wildman–Crippen LogP) is 4.10. The van der Waals surface area contributed by atoms with Gasteiger partial charge in [-0.1, -0.05) is 12.1 Å². The van der Waals surface area contributed by atoms with Crippen molar-refractivity contribution in [3.8, 4) is 22.8 Å². The third kappa shape index (κ3) is 7.48. The molecule has 0 aliphatic carbocycles. The van der Waals surface area contributed by atoms with Gasteiger partial charge in [-0.2, -0.15) is 15.3 Å². The summed E-state index contributed by atoms with van der Waals surface area (Å²) in [5, 5.41) is 15.3. The molecule has 1 saturated heterocycles. The number of hydrogen-bond acceptors (Lipinski definition) is 8. The molecule has 13 heteroatoms. The van der Waals surface area contributed by atoms with Gasteiger partial charge in [-0.25, -0.2) is 17.9 Å². The number of nitrogens with zero attached hydrogens (tertiary/aromatic N) is 5. The molecule has 0 bridgehead atoms. The number of hydrogen-bond donors (Lipinski definition) is 1. The molecule has 0 spiro atoms. The van der Waals surface area contributed by atoms with Crippen molar-refractivity contribution in [2.24, 2.45) is 0 Å². The van der Waals surface area contributed by atoms with Gasteiger partial charge in [-0.3, -0.25) is 4.79 Å². The first kappa shape index (κ1) is 26.2. The maximum Gasteiger partial charge on any atom is 0.225 e. The van der Waals surface area contributed by atoms with Gasteiger partial charge in [0, 0.05) is 29.2 Å². The maximum atomic E-state index is 13.8. The third-order valence-electron chi connectivity index (χ3n) is 6.75. The number of amides is 1. The standard InChI is InChI=1S/C30H31F3N6O4/c1-38-11-12-42-23(17-38)18-43-29-28(21-9-10-34-35-15-21)37-39(16-19-3-6-22(41-2)7-4-19)30(29)36-26(40)8-5-20-13-24(31)27(33)25(32)14-20/h3-4,6-7,9-10,13-15,23H,5,8,11-12,16-18H2,1-2H3,(H,36,40)/i1D3. The van der Waals surface area contributed by atoms with E-state index in [1.165, 1.54) is 22.0 Å². The SMILES string of the molecule is [2H]C([2H])([2H])N1CCOC(COc2c(-c3ccnnc3)nn(Cc3ccc(OC)cc3)c2NC(=O)CCc2cc(F)c(F)c(F)c2)C1. The molecule has 1 N–H and O–H groups in total. The number of methoxy groups -OCH3 is 1. The number of likely N-dealkylation sites (N-methyl/N-ethyl adjacent to an activating group) is 1. The molecule has 0 saturated carbocycles. The highest BCUT2D eigenvalue weighted by molar-refractivity contribution is 5.93. The molecule has 1 aliphatic heterocycles. The van der Waals surface area contributed by atoms with Crippen LogP contribution >= 0.6 is 0 Å². The van der Waals surface area contributed by atoms with E-state index in [4.69, 9.17) is 23.4 Å². The molecule has 1 atom stereocenters. The number of rotatable bonds is 11. The number of benzene rings is 2. The van der Waals surface area contributed by atoms with E-state index in [0.29, 0.717) is 17.0 Å². The van der Waals surface area contributed by atoms with Gasteiger partial charge in [0.15, 0.2) is 29.0 Å². The van der Waals surface area contributed by atoms with Gasteiger partial charge in [-0.05, 0) is 54.9 Å². The highest BCUT2D eigenvalue weighted by Crippen LogP contribution is 2.37. The van der Waals surface area contributed by atoms with Crippen LogP contribution < -0.4 is 14.8 Å². The molecule has 1 amide bonds. The average Bonchev–Trinajstić information content (AvgIpc) is 3.38. The molecule has 2 aromatic carbocycles. The lowest BCUT2D eigenvalue weighted by atomic mass is 10.1. The molecule has 5 rings (SSSR count). The summed E-state index contributed by atoms with van der Waals surface area (Å²) in [6.45, 7) is -1.65. The normalized spacial score (nSPS) is 16.7. The van der Waals surface area contributed by atoms with Gasteiger partial charge in [-0.15, -0.1) is 0 Å². The number of anilines is 1. The lowest BCUT2D eigenvalue weighted by Gasteiger charge is -2.29. The second-order valence-electron chi connectivity index (χ2n) is 9.83. The minimum Gasteiger partial charge on any atom is -0.497 e. The summed E-state index contributed by atoms with van der Waals surface area (Å²) in [5.74, 6) is -3.82. The lowest BCUT2D eigenvalue weighted by molar-refractivity contribution is -0.116. The molecule has 43 heavy (non-hydrogen) atoms. The summed E-state index contributed by atoms with van der Waals surface area (Å²) < 4.78 is 83.0.